The summed E-state index contributed by atoms with van der Waals surface area (Å²) >= 11 is 0. The number of carbonyl (C=O) groups excluding carboxylic acids is 1. The van der Waals surface area contributed by atoms with E-state index in [9.17, 15) is 23.7 Å². The van der Waals surface area contributed by atoms with Gasteiger partial charge in [-0.2, -0.15) is 0 Å². The van der Waals surface area contributed by atoms with Crippen LogP contribution < -0.4 is 0 Å². The molecule has 0 radical (unpaired) electrons. The van der Waals surface area contributed by atoms with Gasteiger partial charge in [0.05, 0.1) is 7.11 Å². The summed E-state index contributed by atoms with van der Waals surface area (Å²) in [4.78, 5) is 24.3. The summed E-state index contributed by atoms with van der Waals surface area (Å²) in [5.41, 5.74) is -1.53. The van der Waals surface area contributed by atoms with Crippen LogP contribution in [0.4, 0.5) is 14.6 Å². The Balaban J connectivity index is 3.61. The van der Waals surface area contributed by atoms with Gasteiger partial charge in [0, 0.05) is 11.1 Å². The van der Waals surface area contributed by atoms with Crippen molar-refractivity contribution in [1.82, 2.24) is 4.98 Å². The van der Waals surface area contributed by atoms with Gasteiger partial charge in [-0.05, 0) is 16.8 Å². The van der Waals surface area contributed by atoms with Gasteiger partial charge in [-0.3, -0.25) is 0 Å². The fourth-order valence-electron chi connectivity index (χ4n) is 1.33. The lowest BCUT2D eigenvalue weighted by atomic mass is 10.0. The summed E-state index contributed by atoms with van der Waals surface area (Å²) in [6.07, 6.45) is -2.10. The molecule has 8 heteroatoms. The number of halogens is 2. The monoisotopic (exact) mass is 246 g/mol. The minimum Gasteiger partial charge on any atom is -0.465 e. The maximum atomic E-state index is 12.8. The third-order valence-electron chi connectivity index (χ3n) is 2.08. The Hall–Kier alpha value is -2.12. The van der Waals surface area contributed by atoms with Gasteiger partial charge in [0.25, 0.3) is 6.43 Å². The highest BCUT2D eigenvalue weighted by Gasteiger charge is 2.32. The minimum atomic E-state index is -3.02. The second kappa shape index (κ2) is 4.81. The summed E-state index contributed by atoms with van der Waals surface area (Å²) in [5, 5.41) is 10.6. The maximum Gasteiger partial charge on any atom is 0.378 e. The van der Waals surface area contributed by atoms with E-state index in [2.05, 4.69) is 9.72 Å². The van der Waals surface area contributed by atoms with Crippen LogP contribution in [-0.4, -0.2) is 23.0 Å². The molecule has 0 spiro atoms. The molecular formula is C9H8F2N2O4. The Bertz CT molecular complexity index is 476. The average Bonchev–Trinajstić information content (AvgIpc) is 2.26. The molecule has 92 valence electrons. The first-order valence-electron chi connectivity index (χ1n) is 4.40. The molecule has 0 saturated heterocycles. The molecule has 1 heterocycles. The zero-order valence-electron chi connectivity index (χ0n) is 8.94. The number of pyridine rings is 1. The van der Waals surface area contributed by atoms with E-state index in [1.54, 1.807) is 0 Å². The summed E-state index contributed by atoms with van der Waals surface area (Å²) in [5.74, 6) is -2.14. The van der Waals surface area contributed by atoms with Gasteiger partial charge in [0.15, 0.2) is 5.56 Å². The molecule has 0 aliphatic carbocycles. The number of nitro groups is 1. The molecule has 0 aliphatic heterocycles. The van der Waals surface area contributed by atoms with E-state index >= 15 is 0 Å². The predicted octanol–water partition coefficient (Wildman–Crippen LogP) is 2.02. The molecular weight excluding hydrogens is 238 g/mol. The SMILES string of the molecule is COC(=O)c1c([N+](=O)[O-])ncc(C)c1C(F)F. The Morgan fingerprint density at radius 3 is 2.59 bits per heavy atom. The third-order valence-corrected chi connectivity index (χ3v) is 2.08. The van der Waals surface area contributed by atoms with Crippen LogP contribution in [0.25, 0.3) is 0 Å². The van der Waals surface area contributed by atoms with Crippen LogP contribution in [0.2, 0.25) is 0 Å². The van der Waals surface area contributed by atoms with Crippen molar-refractivity contribution in [2.24, 2.45) is 0 Å². The largest absolute Gasteiger partial charge is 0.465 e. The van der Waals surface area contributed by atoms with Crippen molar-refractivity contribution in [3.05, 3.63) is 33.0 Å². The molecule has 0 bridgehead atoms. The summed E-state index contributed by atoms with van der Waals surface area (Å²) in [7, 11) is 0.948. The van der Waals surface area contributed by atoms with Gasteiger partial charge in [0.2, 0.25) is 0 Å². The lowest BCUT2D eigenvalue weighted by molar-refractivity contribution is -0.390. The molecule has 6 nitrogen and oxygen atoms in total. The molecule has 0 aliphatic rings. The number of nitrogens with zero attached hydrogens (tertiary/aromatic N) is 2. The van der Waals surface area contributed by atoms with E-state index in [-0.39, 0.29) is 5.56 Å². The van der Waals surface area contributed by atoms with Crippen LogP contribution in [0.1, 0.15) is 27.9 Å². The van der Waals surface area contributed by atoms with Gasteiger partial charge < -0.3 is 14.9 Å². The number of aryl methyl sites for hydroxylation is 1. The number of esters is 1. The van der Waals surface area contributed by atoms with Crippen LogP contribution in [-0.2, 0) is 4.74 Å². The van der Waals surface area contributed by atoms with E-state index in [0.29, 0.717) is 0 Å². The smallest absolute Gasteiger partial charge is 0.378 e. The number of hydrogen-bond acceptors (Lipinski definition) is 5. The molecule has 1 aromatic rings. The van der Waals surface area contributed by atoms with Crippen LogP contribution in [0.3, 0.4) is 0 Å². The standard InChI is InChI=1S/C9H8F2N2O4/c1-4-3-12-8(13(15)16)6(9(14)17-2)5(4)7(10)11/h3,7H,1-2H3. The molecule has 17 heavy (non-hydrogen) atoms. The van der Waals surface area contributed by atoms with Crippen LogP contribution in [0.15, 0.2) is 6.20 Å². The molecule has 0 N–H and O–H groups in total. The number of methoxy groups -OCH3 is 1. The third kappa shape index (κ3) is 2.35. The zero-order valence-corrected chi connectivity index (χ0v) is 8.94. The fourth-order valence-corrected chi connectivity index (χ4v) is 1.33. The van der Waals surface area contributed by atoms with E-state index < -0.39 is 34.3 Å². The Morgan fingerprint density at radius 2 is 2.18 bits per heavy atom. The number of hydrogen-bond donors (Lipinski definition) is 0. The predicted molar refractivity (Wildman–Crippen MR) is 51.9 cm³/mol. The van der Waals surface area contributed by atoms with Gasteiger partial charge >= 0.3 is 11.8 Å². The Morgan fingerprint density at radius 1 is 1.59 bits per heavy atom. The van der Waals surface area contributed by atoms with Crippen molar-refractivity contribution in [2.75, 3.05) is 7.11 Å². The molecule has 1 rings (SSSR count). The van der Waals surface area contributed by atoms with Crippen molar-refractivity contribution in [2.45, 2.75) is 13.3 Å². The van der Waals surface area contributed by atoms with Crippen molar-refractivity contribution in [1.29, 1.82) is 0 Å². The first-order chi connectivity index (χ1) is 7.90. The molecule has 1 aromatic heterocycles. The maximum absolute atomic E-state index is 12.8. The number of rotatable bonds is 3. The molecule has 0 unspecified atom stereocenters. The summed E-state index contributed by atoms with van der Waals surface area (Å²) < 4.78 is 29.8. The first-order valence-corrected chi connectivity index (χ1v) is 4.40. The normalized spacial score (nSPS) is 10.4. The Labute approximate surface area is 94.4 Å². The van der Waals surface area contributed by atoms with E-state index in [1.807, 2.05) is 0 Å². The van der Waals surface area contributed by atoms with Crippen LogP contribution in [0.5, 0.6) is 0 Å². The van der Waals surface area contributed by atoms with E-state index in [1.165, 1.54) is 6.92 Å². The highest BCUT2D eigenvalue weighted by atomic mass is 19.3. The van der Waals surface area contributed by atoms with Crippen molar-refractivity contribution < 1.29 is 23.2 Å². The number of ether oxygens (including phenoxy) is 1. The lowest BCUT2D eigenvalue weighted by Gasteiger charge is -2.08. The molecule has 0 amide bonds. The molecule has 0 fully saturated rings. The number of aromatic nitrogens is 1. The topological polar surface area (TPSA) is 82.3 Å². The fraction of sp³-hybridized carbons (Fsp3) is 0.333. The van der Waals surface area contributed by atoms with Gasteiger partial charge in [-0.15, -0.1) is 0 Å². The van der Waals surface area contributed by atoms with Gasteiger partial charge in [-0.1, -0.05) is 0 Å². The van der Waals surface area contributed by atoms with Crippen LogP contribution in [0, 0.1) is 17.0 Å². The first kappa shape index (κ1) is 12.9. The van der Waals surface area contributed by atoms with Gasteiger partial charge in [-0.25, -0.2) is 13.6 Å². The average molecular weight is 246 g/mol. The van der Waals surface area contributed by atoms with Crippen molar-refractivity contribution >= 4 is 11.8 Å². The second-order valence-electron chi connectivity index (χ2n) is 3.10. The van der Waals surface area contributed by atoms with Gasteiger partial charge in [0.1, 0.15) is 6.20 Å². The lowest BCUT2D eigenvalue weighted by Crippen LogP contribution is -2.13. The van der Waals surface area contributed by atoms with Crippen LogP contribution >= 0.6 is 0 Å². The van der Waals surface area contributed by atoms with Crippen molar-refractivity contribution in [3.8, 4) is 0 Å². The Kier molecular flexibility index (Phi) is 3.66. The van der Waals surface area contributed by atoms with Crippen molar-refractivity contribution in [3.63, 3.8) is 0 Å². The highest BCUT2D eigenvalue weighted by Crippen LogP contribution is 2.31. The quantitative estimate of drug-likeness (QED) is 0.463. The molecule has 0 atom stereocenters. The summed E-state index contributed by atoms with van der Waals surface area (Å²) in [6, 6.07) is 0. The van der Waals surface area contributed by atoms with E-state index in [0.717, 1.165) is 13.3 Å². The highest BCUT2D eigenvalue weighted by molar-refractivity contribution is 5.95. The minimum absolute atomic E-state index is 0.00833. The number of alkyl halides is 2. The number of carbonyl (C=O) groups is 1. The molecule has 0 saturated carbocycles. The zero-order chi connectivity index (χ0) is 13.2. The summed E-state index contributed by atoms with van der Waals surface area (Å²) in [6.45, 7) is 1.28. The van der Waals surface area contributed by atoms with E-state index in [4.69, 9.17) is 0 Å². The second-order valence-corrected chi connectivity index (χ2v) is 3.10. The molecule has 0 aromatic carbocycles.